The fraction of sp³-hybridized carbons (Fsp3) is 0.500. The fourth-order valence-corrected chi connectivity index (χ4v) is 2.01. The summed E-state index contributed by atoms with van der Waals surface area (Å²) in [6.45, 7) is 8.43. The van der Waals surface area contributed by atoms with Crippen molar-refractivity contribution in [1.29, 1.82) is 0 Å². The first-order valence-corrected chi connectivity index (χ1v) is 7.17. The molecule has 0 radical (unpaired) electrons. The lowest BCUT2D eigenvalue weighted by Gasteiger charge is -2.07. The first-order chi connectivity index (χ1) is 8.99. The van der Waals surface area contributed by atoms with Crippen LogP contribution in [0.15, 0.2) is 29.8 Å². The molecule has 1 nitrogen and oxygen atoms in total. The van der Waals surface area contributed by atoms with Crippen molar-refractivity contribution in [3.05, 3.63) is 46.3 Å². The van der Waals surface area contributed by atoms with E-state index >= 15 is 0 Å². The van der Waals surface area contributed by atoms with Crippen LogP contribution >= 0.6 is 11.6 Å². The lowest BCUT2D eigenvalue weighted by molar-refractivity contribution is 0.556. The number of rotatable bonds is 7. The summed E-state index contributed by atoms with van der Waals surface area (Å²) < 4.78 is 13.6. The second kappa shape index (κ2) is 8.34. The van der Waals surface area contributed by atoms with Gasteiger partial charge in [-0.25, -0.2) is 4.39 Å². The molecule has 1 aromatic rings. The van der Waals surface area contributed by atoms with Crippen molar-refractivity contribution in [3.8, 4) is 0 Å². The first-order valence-electron chi connectivity index (χ1n) is 6.79. The Morgan fingerprint density at radius 2 is 2.16 bits per heavy atom. The van der Waals surface area contributed by atoms with E-state index in [2.05, 4.69) is 25.2 Å². The predicted molar refractivity (Wildman–Crippen MR) is 81.2 cm³/mol. The highest BCUT2D eigenvalue weighted by Gasteiger charge is 2.03. The molecule has 0 spiro atoms. The molecule has 1 rings (SSSR count). The van der Waals surface area contributed by atoms with Crippen molar-refractivity contribution in [2.24, 2.45) is 5.92 Å². The van der Waals surface area contributed by atoms with Gasteiger partial charge in [0.2, 0.25) is 0 Å². The van der Waals surface area contributed by atoms with Gasteiger partial charge >= 0.3 is 0 Å². The molecule has 0 aromatic heterocycles. The standard InChI is InChI=1S/C16H23ClFN/c1-12(2)11-19-8-4-5-13(3)9-14-6-7-15(17)10-16(14)18/h5-7,10,12,19H,4,8-9,11H2,1-3H3/b13-5-. The molecule has 0 heterocycles. The second-order valence-electron chi connectivity index (χ2n) is 5.35. The molecule has 0 aliphatic carbocycles. The maximum atomic E-state index is 13.6. The van der Waals surface area contributed by atoms with Crippen LogP contribution in [0, 0.1) is 11.7 Å². The summed E-state index contributed by atoms with van der Waals surface area (Å²) in [4.78, 5) is 0. The SMILES string of the molecule is C/C(=C/CCNCC(C)C)Cc1ccc(Cl)cc1F. The van der Waals surface area contributed by atoms with Gasteiger partial charge in [-0.3, -0.25) is 0 Å². The van der Waals surface area contributed by atoms with Gasteiger partial charge in [-0.2, -0.15) is 0 Å². The molecule has 0 amide bonds. The molecular weight excluding hydrogens is 261 g/mol. The molecule has 3 heteroatoms. The highest BCUT2D eigenvalue weighted by atomic mass is 35.5. The fourth-order valence-electron chi connectivity index (χ4n) is 1.85. The van der Waals surface area contributed by atoms with E-state index in [9.17, 15) is 4.39 Å². The summed E-state index contributed by atoms with van der Waals surface area (Å²) in [5.74, 6) is 0.450. The van der Waals surface area contributed by atoms with Gasteiger partial charge in [0.05, 0.1) is 0 Å². The topological polar surface area (TPSA) is 12.0 Å². The molecule has 0 saturated heterocycles. The maximum absolute atomic E-state index is 13.6. The number of benzene rings is 1. The average Bonchev–Trinajstić information content (AvgIpc) is 2.32. The van der Waals surface area contributed by atoms with Crippen LogP contribution in [0.4, 0.5) is 4.39 Å². The molecule has 0 atom stereocenters. The van der Waals surface area contributed by atoms with Crippen molar-refractivity contribution >= 4 is 11.6 Å². The second-order valence-corrected chi connectivity index (χ2v) is 5.79. The van der Waals surface area contributed by atoms with Crippen LogP contribution in [0.5, 0.6) is 0 Å². The monoisotopic (exact) mass is 283 g/mol. The van der Waals surface area contributed by atoms with Gasteiger partial charge in [0, 0.05) is 5.02 Å². The average molecular weight is 284 g/mol. The number of hydrogen-bond acceptors (Lipinski definition) is 1. The van der Waals surface area contributed by atoms with Crippen molar-refractivity contribution in [3.63, 3.8) is 0 Å². The Morgan fingerprint density at radius 1 is 1.42 bits per heavy atom. The van der Waals surface area contributed by atoms with E-state index in [1.165, 1.54) is 11.6 Å². The van der Waals surface area contributed by atoms with Gasteiger partial charge < -0.3 is 5.32 Å². The lowest BCUT2D eigenvalue weighted by Crippen LogP contribution is -2.20. The third-order valence-corrected chi connectivity index (χ3v) is 3.09. The Kier molecular flexibility index (Phi) is 7.11. The molecular formula is C16H23ClFN. The van der Waals surface area contributed by atoms with E-state index in [1.807, 2.05) is 6.92 Å². The number of hydrogen-bond donors (Lipinski definition) is 1. The van der Waals surface area contributed by atoms with Gasteiger partial charge in [0.1, 0.15) is 5.82 Å². The van der Waals surface area contributed by atoms with E-state index in [1.54, 1.807) is 12.1 Å². The molecule has 106 valence electrons. The summed E-state index contributed by atoms with van der Waals surface area (Å²) in [5, 5.41) is 3.83. The third kappa shape index (κ3) is 6.74. The summed E-state index contributed by atoms with van der Waals surface area (Å²) in [5.41, 5.74) is 1.89. The zero-order chi connectivity index (χ0) is 14.3. The van der Waals surface area contributed by atoms with Gasteiger partial charge in [-0.15, -0.1) is 0 Å². The van der Waals surface area contributed by atoms with E-state index in [4.69, 9.17) is 11.6 Å². The Hall–Kier alpha value is -0.860. The van der Waals surface area contributed by atoms with E-state index in [-0.39, 0.29) is 5.82 Å². The zero-order valence-electron chi connectivity index (χ0n) is 12.0. The summed E-state index contributed by atoms with van der Waals surface area (Å²) >= 11 is 5.73. The minimum Gasteiger partial charge on any atom is -0.316 e. The van der Waals surface area contributed by atoms with Crippen LogP contribution in [-0.2, 0) is 6.42 Å². The van der Waals surface area contributed by atoms with Crippen LogP contribution in [0.3, 0.4) is 0 Å². The Labute approximate surface area is 120 Å². The van der Waals surface area contributed by atoms with Gasteiger partial charge in [-0.05, 0) is 56.5 Å². The molecule has 0 aliphatic rings. The molecule has 0 fully saturated rings. The highest BCUT2D eigenvalue weighted by molar-refractivity contribution is 6.30. The normalized spacial score (nSPS) is 12.2. The Bertz CT molecular complexity index is 427. The molecule has 0 aliphatic heterocycles. The van der Waals surface area contributed by atoms with Crippen molar-refractivity contribution in [2.45, 2.75) is 33.6 Å². The maximum Gasteiger partial charge on any atom is 0.128 e. The summed E-state index contributed by atoms with van der Waals surface area (Å²) in [7, 11) is 0. The smallest absolute Gasteiger partial charge is 0.128 e. The molecule has 19 heavy (non-hydrogen) atoms. The van der Waals surface area contributed by atoms with E-state index < -0.39 is 0 Å². The van der Waals surface area contributed by atoms with Crippen LogP contribution in [-0.4, -0.2) is 13.1 Å². The summed E-state index contributed by atoms with van der Waals surface area (Å²) in [6.07, 6.45) is 3.79. The van der Waals surface area contributed by atoms with Gasteiger partial charge in [0.15, 0.2) is 0 Å². The predicted octanol–water partition coefficient (Wildman–Crippen LogP) is 4.60. The first kappa shape index (κ1) is 16.2. The van der Waals surface area contributed by atoms with Crippen molar-refractivity contribution in [1.82, 2.24) is 5.32 Å². The van der Waals surface area contributed by atoms with Crippen LogP contribution in [0.25, 0.3) is 0 Å². The van der Waals surface area contributed by atoms with E-state index in [0.29, 0.717) is 22.9 Å². The minimum absolute atomic E-state index is 0.224. The number of nitrogens with one attached hydrogen (secondary N) is 1. The third-order valence-electron chi connectivity index (χ3n) is 2.85. The van der Waals surface area contributed by atoms with Crippen molar-refractivity contribution < 1.29 is 4.39 Å². The molecule has 1 aromatic carbocycles. The van der Waals surface area contributed by atoms with Crippen LogP contribution < -0.4 is 5.32 Å². The largest absolute Gasteiger partial charge is 0.316 e. The highest BCUT2D eigenvalue weighted by Crippen LogP contribution is 2.17. The molecule has 1 N–H and O–H groups in total. The van der Waals surface area contributed by atoms with Gasteiger partial charge in [-0.1, -0.05) is 43.2 Å². The van der Waals surface area contributed by atoms with Crippen LogP contribution in [0.2, 0.25) is 5.02 Å². The Balaban J connectivity index is 2.39. The zero-order valence-corrected chi connectivity index (χ0v) is 12.7. The van der Waals surface area contributed by atoms with Crippen LogP contribution in [0.1, 0.15) is 32.8 Å². The molecule has 0 unspecified atom stereocenters. The minimum atomic E-state index is -0.224. The van der Waals surface area contributed by atoms with E-state index in [0.717, 1.165) is 19.5 Å². The Morgan fingerprint density at radius 3 is 2.79 bits per heavy atom. The quantitative estimate of drug-likeness (QED) is 0.569. The molecule has 0 bridgehead atoms. The number of halogens is 2. The van der Waals surface area contributed by atoms with Crippen molar-refractivity contribution in [2.75, 3.05) is 13.1 Å². The van der Waals surface area contributed by atoms with Gasteiger partial charge in [0.25, 0.3) is 0 Å². The lowest BCUT2D eigenvalue weighted by atomic mass is 10.0. The number of allylic oxidation sites excluding steroid dienone is 1. The summed E-state index contributed by atoms with van der Waals surface area (Å²) in [6, 6.07) is 4.86. The molecule has 0 saturated carbocycles.